The first-order valence-corrected chi connectivity index (χ1v) is 7.22. The van der Waals surface area contributed by atoms with Crippen molar-refractivity contribution in [2.24, 2.45) is 0 Å². The molecule has 1 heterocycles. The summed E-state index contributed by atoms with van der Waals surface area (Å²) in [5.41, 5.74) is 6.78. The molecule has 0 unspecified atom stereocenters. The number of anilines is 1. The third kappa shape index (κ3) is 1.93. The summed E-state index contributed by atoms with van der Waals surface area (Å²) in [7, 11) is -3.51. The van der Waals surface area contributed by atoms with Crippen molar-refractivity contribution in [3.05, 3.63) is 30.5 Å². The van der Waals surface area contributed by atoms with Crippen molar-refractivity contribution in [1.82, 2.24) is 9.71 Å². The topological polar surface area (TPSA) is 85.1 Å². The van der Waals surface area contributed by atoms with Crippen LogP contribution in [0.4, 0.5) is 5.69 Å². The Hall–Kier alpha value is -1.66. The van der Waals surface area contributed by atoms with Crippen LogP contribution in [0.1, 0.15) is 12.8 Å². The van der Waals surface area contributed by atoms with Crippen LogP contribution in [-0.2, 0) is 10.0 Å². The Morgan fingerprint density at radius 1 is 1.28 bits per heavy atom. The number of fused-ring (bicyclic) bond motifs is 1. The van der Waals surface area contributed by atoms with Gasteiger partial charge < -0.3 is 5.73 Å². The molecule has 1 fully saturated rings. The van der Waals surface area contributed by atoms with Gasteiger partial charge in [-0.25, -0.2) is 13.1 Å². The molecule has 1 aromatic carbocycles. The maximum Gasteiger partial charge on any atom is 0.242 e. The number of hydrogen-bond acceptors (Lipinski definition) is 4. The quantitative estimate of drug-likeness (QED) is 0.816. The van der Waals surface area contributed by atoms with Crippen molar-refractivity contribution in [3.63, 3.8) is 0 Å². The average Bonchev–Trinajstić information content (AvgIpc) is 3.12. The van der Waals surface area contributed by atoms with Gasteiger partial charge in [0.15, 0.2) is 0 Å². The van der Waals surface area contributed by atoms with Gasteiger partial charge >= 0.3 is 0 Å². The molecular formula is C12H13N3O2S. The highest BCUT2D eigenvalue weighted by atomic mass is 32.2. The highest BCUT2D eigenvalue weighted by molar-refractivity contribution is 7.89. The van der Waals surface area contributed by atoms with E-state index in [1.165, 1.54) is 6.07 Å². The van der Waals surface area contributed by atoms with Crippen LogP contribution in [0.25, 0.3) is 10.9 Å². The van der Waals surface area contributed by atoms with Crippen molar-refractivity contribution in [2.45, 2.75) is 23.8 Å². The summed E-state index contributed by atoms with van der Waals surface area (Å²) in [6.07, 6.45) is 3.37. The molecule has 0 spiro atoms. The number of pyridine rings is 1. The van der Waals surface area contributed by atoms with Crippen LogP contribution in [-0.4, -0.2) is 19.4 Å². The van der Waals surface area contributed by atoms with E-state index in [2.05, 4.69) is 9.71 Å². The molecule has 0 amide bonds. The molecule has 0 radical (unpaired) electrons. The van der Waals surface area contributed by atoms with Crippen LogP contribution in [0.15, 0.2) is 35.4 Å². The standard InChI is InChI=1S/C12H13N3O2S/c13-10-5-6-11(12-9(10)2-1-7-14-12)18(16,17)15-8-3-4-8/h1-2,5-8,15H,3-4,13H2. The zero-order valence-corrected chi connectivity index (χ0v) is 10.4. The summed E-state index contributed by atoms with van der Waals surface area (Å²) in [6.45, 7) is 0. The molecule has 1 aliphatic rings. The van der Waals surface area contributed by atoms with Crippen LogP contribution in [0.2, 0.25) is 0 Å². The normalized spacial score (nSPS) is 16.0. The van der Waals surface area contributed by atoms with Gasteiger partial charge in [0, 0.05) is 23.3 Å². The largest absolute Gasteiger partial charge is 0.398 e. The number of nitrogens with two attached hydrogens (primary N) is 1. The zero-order chi connectivity index (χ0) is 12.8. The van der Waals surface area contributed by atoms with Crippen molar-refractivity contribution in [3.8, 4) is 0 Å². The molecule has 3 N–H and O–H groups in total. The van der Waals surface area contributed by atoms with E-state index in [9.17, 15) is 8.42 Å². The number of nitrogens with one attached hydrogen (secondary N) is 1. The van der Waals surface area contributed by atoms with Crippen LogP contribution < -0.4 is 10.5 Å². The summed E-state index contributed by atoms with van der Waals surface area (Å²) in [5.74, 6) is 0. The third-order valence-corrected chi connectivity index (χ3v) is 4.51. The highest BCUT2D eigenvalue weighted by Crippen LogP contribution is 2.28. The van der Waals surface area contributed by atoms with Crippen molar-refractivity contribution >= 4 is 26.6 Å². The molecule has 0 bridgehead atoms. The first kappa shape index (κ1) is 11.4. The Morgan fingerprint density at radius 2 is 2.06 bits per heavy atom. The first-order valence-electron chi connectivity index (χ1n) is 5.73. The second-order valence-electron chi connectivity index (χ2n) is 4.45. The van der Waals surface area contributed by atoms with Crippen molar-refractivity contribution in [2.75, 3.05) is 5.73 Å². The minimum absolute atomic E-state index is 0.0753. The second-order valence-corrected chi connectivity index (χ2v) is 6.13. The minimum Gasteiger partial charge on any atom is -0.398 e. The maximum atomic E-state index is 12.2. The van der Waals surface area contributed by atoms with Gasteiger partial charge in [-0.1, -0.05) is 0 Å². The van der Waals surface area contributed by atoms with Crippen LogP contribution in [0.3, 0.4) is 0 Å². The monoisotopic (exact) mass is 263 g/mol. The number of aromatic nitrogens is 1. The minimum atomic E-state index is -3.51. The molecule has 1 aromatic heterocycles. The van der Waals surface area contributed by atoms with E-state index in [4.69, 9.17) is 5.73 Å². The van der Waals surface area contributed by atoms with E-state index < -0.39 is 10.0 Å². The molecule has 0 saturated heterocycles. The Labute approximate surface area is 105 Å². The number of sulfonamides is 1. The van der Waals surface area contributed by atoms with Gasteiger partial charge in [0.25, 0.3) is 0 Å². The van der Waals surface area contributed by atoms with Gasteiger partial charge in [0.2, 0.25) is 10.0 Å². The third-order valence-electron chi connectivity index (χ3n) is 2.96. The summed E-state index contributed by atoms with van der Waals surface area (Å²) >= 11 is 0. The van der Waals surface area contributed by atoms with E-state index in [1.54, 1.807) is 24.4 Å². The summed E-state index contributed by atoms with van der Waals surface area (Å²) in [6, 6.07) is 6.70. The predicted octanol–water partition coefficient (Wildman–Crippen LogP) is 1.26. The SMILES string of the molecule is Nc1ccc(S(=O)(=O)NC2CC2)c2ncccc12. The highest BCUT2D eigenvalue weighted by Gasteiger charge is 2.29. The smallest absolute Gasteiger partial charge is 0.242 e. The van der Waals surface area contributed by atoms with Gasteiger partial charge in [-0.05, 0) is 37.1 Å². The van der Waals surface area contributed by atoms with E-state index in [-0.39, 0.29) is 10.9 Å². The van der Waals surface area contributed by atoms with Crippen LogP contribution >= 0.6 is 0 Å². The Bertz CT molecular complexity index is 708. The van der Waals surface area contributed by atoms with Crippen LogP contribution in [0, 0.1) is 0 Å². The fourth-order valence-corrected chi connectivity index (χ4v) is 3.34. The molecule has 0 atom stereocenters. The lowest BCUT2D eigenvalue weighted by molar-refractivity contribution is 0.582. The van der Waals surface area contributed by atoms with Gasteiger partial charge in [-0.15, -0.1) is 0 Å². The molecule has 1 saturated carbocycles. The van der Waals surface area contributed by atoms with Crippen LogP contribution in [0.5, 0.6) is 0 Å². The Morgan fingerprint density at radius 3 is 2.78 bits per heavy atom. The second kappa shape index (κ2) is 3.93. The number of benzene rings is 1. The van der Waals surface area contributed by atoms with Gasteiger partial charge in [-0.3, -0.25) is 4.98 Å². The predicted molar refractivity (Wildman–Crippen MR) is 69.5 cm³/mol. The Kier molecular flexibility index (Phi) is 2.49. The van der Waals surface area contributed by atoms with E-state index in [1.807, 2.05) is 0 Å². The molecule has 1 aliphatic carbocycles. The van der Waals surface area contributed by atoms with Gasteiger partial charge in [-0.2, -0.15) is 0 Å². The Balaban J connectivity index is 2.20. The molecule has 0 aliphatic heterocycles. The van der Waals surface area contributed by atoms with E-state index >= 15 is 0 Å². The van der Waals surface area contributed by atoms with Gasteiger partial charge in [0.1, 0.15) is 4.90 Å². The lowest BCUT2D eigenvalue weighted by atomic mass is 10.2. The lowest BCUT2D eigenvalue weighted by Crippen LogP contribution is -2.26. The molecule has 94 valence electrons. The number of rotatable bonds is 3. The molecule has 3 rings (SSSR count). The molecule has 6 heteroatoms. The fourth-order valence-electron chi connectivity index (χ4n) is 1.87. The summed E-state index contributed by atoms with van der Waals surface area (Å²) < 4.78 is 27.1. The van der Waals surface area contributed by atoms with Crippen molar-refractivity contribution < 1.29 is 8.42 Å². The van der Waals surface area contributed by atoms with E-state index in [0.717, 1.165) is 12.8 Å². The maximum absolute atomic E-state index is 12.2. The zero-order valence-electron chi connectivity index (χ0n) is 9.63. The van der Waals surface area contributed by atoms with Gasteiger partial charge in [0.05, 0.1) is 5.52 Å². The summed E-state index contributed by atoms with van der Waals surface area (Å²) in [4.78, 5) is 4.33. The number of nitrogens with zero attached hydrogens (tertiary/aromatic N) is 1. The van der Waals surface area contributed by atoms with E-state index in [0.29, 0.717) is 16.6 Å². The lowest BCUT2D eigenvalue weighted by Gasteiger charge is -2.09. The average molecular weight is 263 g/mol. The molecule has 5 nitrogen and oxygen atoms in total. The number of hydrogen-bond donors (Lipinski definition) is 2. The fraction of sp³-hybridized carbons (Fsp3) is 0.250. The summed E-state index contributed by atoms with van der Waals surface area (Å²) in [5, 5.41) is 0.663. The number of nitrogen functional groups attached to an aromatic ring is 1. The molecule has 2 aromatic rings. The molecule has 18 heavy (non-hydrogen) atoms. The van der Waals surface area contributed by atoms with Crippen molar-refractivity contribution in [1.29, 1.82) is 0 Å². The first-order chi connectivity index (χ1) is 8.58. The molecular weight excluding hydrogens is 250 g/mol.